The van der Waals surface area contributed by atoms with Gasteiger partial charge in [-0.3, -0.25) is 9.89 Å². The highest BCUT2D eigenvalue weighted by molar-refractivity contribution is 14.1. The molecule has 0 spiro atoms. The second-order valence-corrected chi connectivity index (χ2v) is 4.54. The molecule has 12 heavy (non-hydrogen) atoms. The van der Waals surface area contributed by atoms with Crippen LogP contribution in [0, 0.1) is 0 Å². The van der Waals surface area contributed by atoms with Crippen molar-refractivity contribution in [1.82, 2.24) is 15.1 Å². The second kappa shape index (κ2) is 3.04. The van der Waals surface area contributed by atoms with Gasteiger partial charge in [0.1, 0.15) is 5.69 Å². The normalized spacial score (nSPS) is 17.6. The molecule has 4 nitrogen and oxygen atoms in total. The third-order valence-corrected chi connectivity index (χ3v) is 2.64. The van der Waals surface area contributed by atoms with Crippen LogP contribution in [0.3, 0.4) is 0 Å². The van der Waals surface area contributed by atoms with Crippen LogP contribution in [0.5, 0.6) is 0 Å². The van der Waals surface area contributed by atoms with Gasteiger partial charge < -0.3 is 4.90 Å². The Morgan fingerprint density at radius 1 is 1.75 bits per heavy atom. The summed E-state index contributed by atoms with van der Waals surface area (Å²) in [5, 5.41) is 6.39. The highest BCUT2D eigenvalue weighted by Crippen LogP contribution is 2.18. The molecule has 0 unspecified atom stereocenters. The van der Waals surface area contributed by atoms with Crippen molar-refractivity contribution in [3.8, 4) is 0 Å². The molecule has 0 aromatic carbocycles. The Labute approximate surface area is 83.5 Å². The summed E-state index contributed by atoms with van der Waals surface area (Å²) in [5.41, 5.74) is 0.582. The van der Waals surface area contributed by atoms with Gasteiger partial charge in [-0.2, -0.15) is 5.10 Å². The number of rotatable bonds is 1. The molecule has 2 rings (SSSR count). The van der Waals surface area contributed by atoms with Gasteiger partial charge in [0.25, 0.3) is 5.91 Å². The molecular formula is C7H8IN3O. The molecule has 1 aromatic heterocycles. The minimum Gasteiger partial charge on any atom is -0.335 e. The predicted octanol–water partition coefficient (Wildman–Crippen LogP) is 0.669. The number of amides is 1. The van der Waals surface area contributed by atoms with Gasteiger partial charge in [-0.15, -0.1) is 0 Å². The largest absolute Gasteiger partial charge is 0.335 e. The Morgan fingerprint density at radius 2 is 2.50 bits per heavy atom. The molecule has 1 amide bonds. The fraction of sp³-hybridized carbons (Fsp3) is 0.429. The van der Waals surface area contributed by atoms with E-state index < -0.39 is 0 Å². The van der Waals surface area contributed by atoms with E-state index in [-0.39, 0.29) is 5.91 Å². The lowest BCUT2D eigenvalue weighted by Gasteiger charge is -2.35. The van der Waals surface area contributed by atoms with Gasteiger partial charge in [0.15, 0.2) is 0 Å². The van der Waals surface area contributed by atoms with Gasteiger partial charge in [0.05, 0.1) is 0 Å². The molecule has 5 heteroatoms. The SMILES string of the molecule is O=C(c1ccn[nH]1)N1CC(I)C1. The van der Waals surface area contributed by atoms with Crippen molar-refractivity contribution < 1.29 is 4.79 Å². The number of halogens is 1. The Kier molecular flexibility index (Phi) is 2.03. The van der Waals surface area contributed by atoms with E-state index in [4.69, 9.17) is 0 Å². The zero-order valence-electron chi connectivity index (χ0n) is 6.33. The van der Waals surface area contributed by atoms with Crippen LogP contribution in [0.15, 0.2) is 12.3 Å². The first-order valence-corrected chi connectivity index (χ1v) is 4.94. The summed E-state index contributed by atoms with van der Waals surface area (Å²) in [6.45, 7) is 1.72. The number of carbonyl (C=O) groups excluding carboxylic acids is 1. The predicted molar refractivity (Wildman–Crippen MR) is 52.3 cm³/mol. The van der Waals surface area contributed by atoms with E-state index >= 15 is 0 Å². The van der Waals surface area contributed by atoms with Gasteiger partial charge in [-0.25, -0.2) is 0 Å². The lowest BCUT2D eigenvalue weighted by atomic mass is 10.2. The summed E-state index contributed by atoms with van der Waals surface area (Å²) in [7, 11) is 0. The fourth-order valence-corrected chi connectivity index (χ4v) is 2.09. The van der Waals surface area contributed by atoms with Gasteiger partial charge >= 0.3 is 0 Å². The first kappa shape index (κ1) is 8.03. The lowest BCUT2D eigenvalue weighted by molar-refractivity contribution is 0.0667. The third-order valence-electron chi connectivity index (χ3n) is 1.86. The van der Waals surface area contributed by atoms with Crippen molar-refractivity contribution in [2.45, 2.75) is 3.92 Å². The summed E-state index contributed by atoms with van der Waals surface area (Å²) in [6.07, 6.45) is 1.59. The summed E-state index contributed by atoms with van der Waals surface area (Å²) in [6, 6.07) is 1.70. The fourth-order valence-electron chi connectivity index (χ4n) is 1.14. The molecule has 1 saturated heterocycles. The quantitative estimate of drug-likeness (QED) is 0.606. The van der Waals surface area contributed by atoms with Crippen LogP contribution in [-0.4, -0.2) is 38.0 Å². The van der Waals surface area contributed by atoms with Crippen molar-refractivity contribution in [3.63, 3.8) is 0 Å². The van der Waals surface area contributed by atoms with Gasteiger partial charge in [-0.05, 0) is 6.07 Å². The molecule has 1 aliphatic rings. The van der Waals surface area contributed by atoms with Crippen LogP contribution in [0.25, 0.3) is 0 Å². The molecule has 2 heterocycles. The van der Waals surface area contributed by atoms with Crippen molar-refractivity contribution in [2.24, 2.45) is 0 Å². The number of alkyl halides is 1. The number of hydrogen-bond acceptors (Lipinski definition) is 2. The van der Waals surface area contributed by atoms with Gasteiger partial charge in [0, 0.05) is 23.2 Å². The maximum absolute atomic E-state index is 11.5. The molecule has 1 fully saturated rings. The number of likely N-dealkylation sites (tertiary alicyclic amines) is 1. The first-order chi connectivity index (χ1) is 5.77. The molecule has 0 radical (unpaired) electrons. The Balaban J connectivity index is 2.03. The number of H-pyrrole nitrogens is 1. The van der Waals surface area contributed by atoms with Crippen molar-refractivity contribution in [3.05, 3.63) is 18.0 Å². The number of carbonyl (C=O) groups is 1. The van der Waals surface area contributed by atoms with Crippen molar-refractivity contribution in [2.75, 3.05) is 13.1 Å². The monoisotopic (exact) mass is 277 g/mol. The first-order valence-electron chi connectivity index (χ1n) is 3.70. The molecule has 1 aliphatic heterocycles. The lowest BCUT2D eigenvalue weighted by Crippen LogP contribution is -2.50. The van der Waals surface area contributed by atoms with Crippen LogP contribution >= 0.6 is 22.6 Å². The summed E-state index contributed by atoms with van der Waals surface area (Å²) >= 11 is 2.34. The number of aromatic amines is 1. The van der Waals surface area contributed by atoms with E-state index in [0.717, 1.165) is 13.1 Å². The average molecular weight is 277 g/mol. The van der Waals surface area contributed by atoms with Crippen molar-refractivity contribution >= 4 is 28.5 Å². The average Bonchev–Trinajstić information content (AvgIpc) is 2.49. The standard InChI is InChI=1S/C7H8IN3O/c8-5-3-11(4-5)7(12)6-1-2-9-10-6/h1-2,5H,3-4H2,(H,9,10). The Hall–Kier alpha value is -0.590. The maximum atomic E-state index is 11.5. The smallest absolute Gasteiger partial charge is 0.271 e. The highest BCUT2D eigenvalue weighted by atomic mass is 127. The van der Waals surface area contributed by atoms with E-state index in [1.165, 1.54) is 0 Å². The molecule has 0 atom stereocenters. The van der Waals surface area contributed by atoms with Gasteiger partial charge in [-0.1, -0.05) is 22.6 Å². The van der Waals surface area contributed by atoms with Crippen LogP contribution in [0.2, 0.25) is 0 Å². The Bertz CT molecular complexity index is 279. The molecule has 64 valence electrons. The minimum atomic E-state index is 0.0559. The van der Waals surface area contributed by atoms with E-state index in [1.807, 2.05) is 4.90 Å². The van der Waals surface area contributed by atoms with E-state index in [1.54, 1.807) is 12.3 Å². The Morgan fingerprint density at radius 3 is 3.00 bits per heavy atom. The molecular weight excluding hydrogens is 269 g/mol. The van der Waals surface area contributed by atoms with E-state index in [9.17, 15) is 4.79 Å². The highest BCUT2D eigenvalue weighted by Gasteiger charge is 2.29. The minimum absolute atomic E-state index is 0.0559. The third kappa shape index (κ3) is 1.33. The summed E-state index contributed by atoms with van der Waals surface area (Å²) < 4.78 is 0.620. The summed E-state index contributed by atoms with van der Waals surface area (Å²) in [5.74, 6) is 0.0559. The molecule has 0 saturated carbocycles. The van der Waals surface area contributed by atoms with E-state index in [2.05, 4.69) is 32.8 Å². The number of nitrogens with one attached hydrogen (secondary N) is 1. The molecule has 1 N–H and O–H groups in total. The maximum Gasteiger partial charge on any atom is 0.271 e. The molecule has 1 aromatic rings. The van der Waals surface area contributed by atoms with Crippen molar-refractivity contribution in [1.29, 1.82) is 0 Å². The van der Waals surface area contributed by atoms with Crippen LogP contribution in [0.4, 0.5) is 0 Å². The molecule has 0 aliphatic carbocycles. The van der Waals surface area contributed by atoms with Crippen LogP contribution in [0.1, 0.15) is 10.5 Å². The molecule has 0 bridgehead atoms. The number of nitrogens with zero attached hydrogens (tertiary/aromatic N) is 2. The number of aromatic nitrogens is 2. The summed E-state index contributed by atoms with van der Waals surface area (Å²) in [4.78, 5) is 13.3. The van der Waals surface area contributed by atoms with Crippen LogP contribution in [-0.2, 0) is 0 Å². The zero-order chi connectivity index (χ0) is 8.55. The second-order valence-electron chi connectivity index (χ2n) is 2.78. The van der Waals surface area contributed by atoms with Gasteiger partial charge in [0.2, 0.25) is 0 Å². The van der Waals surface area contributed by atoms with Crippen LogP contribution < -0.4 is 0 Å². The zero-order valence-corrected chi connectivity index (χ0v) is 8.48. The van der Waals surface area contributed by atoms with E-state index in [0.29, 0.717) is 9.62 Å². The topological polar surface area (TPSA) is 49.0 Å². The number of hydrogen-bond donors (Lipinski definition) is 1.